The predicted octanol–water partition coefficient (Wildman–Crippen LogP) is 1.73. The highest BCUT2D eigenvalue weighted by atomic mass is 16.4. The fraction of sp³-hybridized carbons (Fsp3) is 0.167. The quantitative estimate of drug-likeness (QED) is 0.841. The average molecular weight is 232 g/mol. The standard InChI is InChI=1S/C12H12N2O3/c1-7-2-4-8(5-3-7)9(13)11-10(12(15)16)14-6-17-11/h2-6,9H,13H2,1H3,(H,15,16). The highest BCUT2D eigenvalue weighted by Crippen LogP contribution is 2.22. The summed E-state index contributed by atoms with van der Waals surface area (Å²) < 4.78 is 5.06. The fourth-order valence-electron chi connectivity index (χ4n) is 1.56. The van der Waals surface area contributed by atoms with Crippen LogP contribution in [0.3, 0.4) is 0 Å². The van der Waals surface area contributed by atoms with Gasteiger partial charge in [-0.2, -0.15) is 0 Å². The van der Waals surface area contributed by atoms with Crippen LogP contribution in [0.2, 0.25) is 0 Å². The molecular formula is C12H12N2O3. The zero-order valence-corrected chi connectivity index (χ0v) is 9.25. The monoisotopic (exact) mass is 232 g/mol. The van der Waals surface area contributed by atoms with Crippen molar-refractivity contribution in [3.05, 3.63) is 53.2 Å². The fourth-order valence-corrected chi connectivity index (χ4v) is 1.56. The first kappa shape index (κ1) is 11.3. The van der Waals surface area contributed by atoms with Gasteiger partial charge in [0.1, 0.15) is 0 Å². The number of hydrogen-bond acceptors (Lipinski definition) is 4. The van der Waals surface area contributed by atoms with Crippen LogP contribution in [0.25, 0.3) is 0 Å². The Hall–Kier alpha value is -2.14. The molecule has 5 heteroatoms. The minimum absolute atomic E-state index is 0.141. The van der Waals surface area contributed by atoms with Crippen molar-refractivity contribution in [2.24, 2.45) is 5.73 Å². The third-order valence-electron chi connectivity index (χ3n) is 2.52. The predicted molar refractivity (Wildman–Crippen MR) is 60.7 cm³/mol. The Balaban J connectivity index is 2.36. The average Bonchev–Trinajstić information content (AvgIpc) is 2.78. The first-order valence-electron chi connectivity index (χ1n) is 5.08. The largest absolute Gasteiger partial charge is 0.476 e. The van der Waals surface area contributed by atoms with Gasteiger partial charge in [-0.15, -0.1) is 0 Å². The zero-order valence-electron chi connectivity index (χ0n) is 9.25. The summed E-state index contributed by atoms with van der Waals surface area (Å²) in [7, 11) is 0. The molecule has 0 bridgehead atoms. The molecule has 0 aliphatic carbocycles. The van der Waals surface area contributed by atoms with E-state index in [1.807, 2.05) is 31.2 Å². The molecule has 0 saturated carbocycles. The molecule has 0 amide bonds. The smallest absolute Gasteiger partial charge is 0.358 e. The molecule has 2 rings (SSSR count). The Labute approximate surface area is 97.9 Å². The van der Waals surface area contributed by atoms with Crippen LogP contribution in [0.15, 0.2) is 35.1 Å². The highest BCUT2D eigenvalue weighted by molar-refractivity contribution is 5.86. The molecule has 5 nitrogen and oxygen atoms in total. The van der Waals surface area contributed by atoms with Crippen LogP contribution in [-0.2, 0) is 0 Å². The number of carbonyl (C=O) groups is 1. The van der Waals surface area contributed by atoms with Gasteiger partial charge in [0, 0.05) is 0 Å². The van der Waals surface area contributed by atoms with E-state index in [1.165, 1.54) is 0 Å². The summed E-state index contributed by atoms with van der Waals surface area (Å²) in [6.45, 7) is 1.96. The van der Waals surface area contributed by atoms with Crippen LogP contribution in [0.4, 0.5) is 0 Å². The lowest BCUT2D eigenvalue weighted by Crippen LogP contribution is -2.15. The second-order valence-electron chi connectivity index (χ2n) is 3.76. The van der Waals surface area contributed by atoms with Crippen molar-refractivity contribution in [1.82, 2.24) is 4.98 Å². The number of carboxylic acid groups (broad SMARTS) is 1. The van der Waals surface area contributed by atoms with E-state index in [1.54, 1.807) is 0 Å². The summed E-state index contributed by atoms with van der Waals surface area (Å²) in [5.41, 5.74) is 7.71. The molecule has 0 fully saturated rings. The molecule has 1 aromatic carbocycles. The molecular weight excluding hydrogens is 220 g/mol. The number of carboxylic acids is 1. The molecule has 1 atom stereocenters. The SMILES string of the molecule is Cc1ccc(C(N)c2ocnc2C(=O)O)cc1. The number of aromatic carboxylic acids is 1. The van der Waals surface area contributed by atoms with E-state index >= 15 is 0 Å². The normalized spacial score (nSPS) is 12.4. The zero-order chi connectivity index (χ0) is 12.4. The second-order valence-corrected chi connectivity index (χ2v) is 3.76. The number of benzene rings is 1. The van der Waals surface area contributed by atoms with Gasteiger partial charge in [0.05, 0.1) is 6.04 Å². The first-order chi connectivity index (χ1) is 8.09. The summed E-state index contributed by atoms with van der Waals surface area (Å²) in [6.07, 6.45) is 1.09. The van der Waals surface area contributed by atoms with Crippen LogP contribution in [0.5, 0.6) is 0 Å². The molecule has 0 saturated heterocycles. The van der Waals surface area contributed by atoms with Crippen LogP contribution in [0, 0.1) is 6.92 Å². The Morgan fingerprint density at radius 2 is 2.06 bits per heavy atom. The summed E-state index contributed by atoms with van der Waals surface area (Å²) in [4.78, 5) is 14.5. The van der Waals surface area contributed by atoms with Crippen molar-refractivity contribution in [2.75, 3.05) is 0 Å². The topological polar surface area (TPSA) is 89.4 Å². The molecule has 0 aliphatic heterocycles. The third kappa shape index (κ3) is 2.19. The molecule has 1 heterocycles. The van der Waals surface area contributed by atoms with Crippen LogP contribution in [0.1, 0.15) is 33.4 Å². The lowest BCUT2D eigenvalue weighted by atomic mass is 10.0. The van der Waals surface area contributed by atoms with Crippen molar-refractivity contribution >= 4 is 5.97 Å². The van der Waals surface area contributed by atoms with Gasteiger partial charge in [0.2, 0.25) is 0 Å². The van der Waals surface area contributed by atoms with Crippen molar-refractivity contribution < 1.29 is 14.3 Å². The molecule has 1 aromatic heterocycles. The number of oxazole rings is 1. The first-order valence-corrected chi connectivity index (χ1v) is 5.08. The van der Waals surface area contributed by atoms with Crippen molar-refractivity contribution in [1.29, 1.82) is 0 Å². The van der Waals surface area contributed by atoms with Crippen molar-refractivity contribution in [2.45, 2.75) is 13.0 Å². The van der Waals surface area contributed by atoms with E-state index in [-0.39, 0.29) is 11.5 Å². The minimum atomic E-state index is -1.14. The van der Waals surface area contributed by atoms with Crippen molar-refractivity contribution in [3.8, 4) is 0 Å². The van der Waals surface area contributed by atoms with Gasteiger partial charge >= 0.3 is 5.97 Å². The Kier molecular flexibility index (Phi) is 2.93. The number of nitrogens with zero attached hydrogens (tertiary/aromatic N) is 1. The summed E-state index contributed by atoms with van der Waals surface area (Å²) in [5.74, 6) is -0.974. The Morgan fingerprint density at radius 1 is 1.41 bits per heavy atom. The molecule has 0 aliphatic rings. The van der Waals surface area contributed by atoms with E-state index in [9.17, 15) is 4.79 Å². The van der Waals surface area contributed by atoms with Crippen LogP contribution in [-0.4, -0.2) is 16.1 Å². The van der Waals surface area contributed by atoms with Gasteiger partial charge in [0.25, 0.3) is 0 Å². The third-order valence-corrected chi connectivity index (χ3v) is 2.52. The summed E-state index contributed by atoms with van der Waals surface area (Å²) >= 11 is 0. The lowest BCUT2D eigenvalue weighted by Gasteiger charge is -2.09. The molecule has 1 unspecified atom stereocenters. The molecule has 17 heavy (non-hydrogen) atoms. The number of aryl methyl sites for hydroxylation is 1. The minimum Gasteiger partial charge on any atom is -0.476 e. The van der Waals surface area contributed by atoms with Gasteiger partial charge in [0.15, 0.2) is 17.8 Å². The van der Waals surface area contributed by atoms with Gasteiger partial charge in [-0.25, -0.2) is 9.78 Å². The van der Waals surface area contributed by atoms with E-state index in [2.05, 4.69) is 4.98 Å². The summed E-state index contributed by atoms with van der Waals surface area (Å²) in [5, 5.41) is 8.92. The van der Waals surface area contributed by atoms with Crippen molar-refractivity contribution in [3.63, 3.8) is 0 Å². The van der Waals surface area contributed by atoms with Gasteiger partial charge < -0.3 is 15.3 Å². The molecule has 3 N–H and O–H groups in total. The molecule has 88 valence electrons. The maximum atomic E-state index is 10.9. The summed E-state index contributed by atoms with van der Waals surface area (Å²) in [6, 6.07) is 6.88. The highest BCUT2D eigenvalue weighted by Gasteiger charge is 2.22. The van der Waals surface area contributed by atoms with Gasteiger partial charge in [-0.3, -0.25) is 0 Å². The molecule has 0 radical (unpaired) electrons. The maximum absolute atomic E-state index is 10.9. The van der Waals surface area contributed by atoms with Gasteiger partial charge in [-0.05, 0) is 12.5 Å². The maximum Gasteiger partial charge on any atom is 0.358 e. The van der Waals surface area contributed by atoms with E-state index in [4.69, 9.17) is 15.3 Å². The van der Waals surface area contributed by atoms with E-state index < -0.39 is 12.0 Å². The van der Waals surface area contributed by atoms with Crippen LogP contribution >= 0.6 is 0 Å². The number of aromatic nitrogens is 1. The number of nitrogens with two attached hydrogens (primary N) is 1. The van der Waals surface area contributed by atoms with E-state index in [0.717, 1.165) is 17.5 Å². The van der Waals surface area contributed by atoms with Gasteiger partial charge in [-0.1, -0.05) is 29.8 Å². The number of rotatable bonds is 3. The lowest BCUT2D eigenvalue weighted by molar-refractivity contribution is 0.0688. The van der Waals surface area contributed by atoms with Crippen LogP contribution < -0.4 is 5.73 Å². The molecule has 2 aromatic rings. The number of hydrogen-bond donors (Lipinski definition) is 2. The Bertz CT molecular complexity index is 531. The molecule has 0 spiro atoms. The Morgan fingerprint density at radius 3 is 2.65 bits per heavy atom. The second kappa shape index (κ2) is 4.39. The van der Waals surface area contributed by atoms with E-state index in [0.29, 0.717) is 0 Å².